The fraction of sp³-hybridized carbons (Fsp3) is 0.111. The highest BCUT2D eigenvalue weighted by molar-refractivity contribution is 5.79. The standard InChI is InChI=1S/C27H23N3/c28-27(22-10-2-1-3-11-22,18-23-16-14-20-8-4-6-12-25(20)29-23)19-24-17-15-21-9-5-7-13-26(21)30-24/h1-17H,18-19,28H2. The van der Waals surface area contributed by atoms with Gasteiger partial charge in [-0.2, -0.15) is 0 Å². The van der Waals surface area contributed by atoms with E-state index in [1.807, 2.05) is 54.6 Å². The lowest BCUT2D eigenvalue weighted by molar-refractivity contribution is 0.429. The van der Waals surface area contributed by atoms with Gasteiger partial charge in [-0.05, 0) is 29.8 Å². The maximum atomic E-state index is 7.09. The van der Waals surface area contributed by atoms with Gasteiger partial charge < -0.3 is 5.73 Å². The van der Waals surface area contributed by atoms with Crippen LogP contribution in [0.1, 0.15) is 17.0 Å². The highest BCUT2D eigenvalue weighted by atomic mass is 14.8. The van der Waals surface area contributed by atoms with Crippen molar-refractivity contribution >= 4 is 21.8 Å². The molecule has 0 aliphatic rings. The van der Waals surface area contributed by atoms with Crippen molar-refractivity contribution in [2.45, 2.75) is 18.4 Å². The Morgan fingerprint density at radius 3 is 1.53 bits per heavy atom. The second-order valence-corrected chi connectivity index (χ2v) is 7.87. The number of pyridine rings is 2. The van der Waals surface area contributed by atoms with Gasteiger partial charge in [-0.25, -0.2) is 0 Å². The summed E-state index contributed by atoms with van der Waals surface area (Å²) in [6.45, 7) is 0. The fourth-order valence-corrected chi connectivity index (χ4v) is 4.10. The Morgan fingerprint density at radius 2 is 1.00 bits per heavy atom. The Kier molecular flexibility index (Phi) is 4.74. The van der Waals surface area contributed by atoms with Gasteiger partial charge in [0.15, 0.2) is 0 Å². The van der Waals surface area contributed by atoms with Crippen LogP contribution in [0.5, 0.6) is 0 Å². The van der Waals surface area contributed by atoms with E-state index in [9.17, 15) is 0 Å². The molecule has 5 rings (SSSR count). The third-order valence-electron chi connectivity index (χ3n) is 5.65. The second kappa shape index (κ2) is 7.69. The number of nitrogens with two attached hydrogens (primary N) is 1. The Hall–Kier alpha value is -3.56. The lowest BCUT2D eigenvalue weighted by atomic mass is 9.82. The largest absolute Gasteiger partial charge is 0.321 e. The molecule has 2 N–H and O–H groups in total. The molecule has 3 aromatic carbocycles. The molecule has 3 nitrogen and oxygen atoms in total. The molecule has 0 aliphatic carbocycles. The SMILES string of the molecule is NC(Cc1ccc2ccccc2n1)(Cc1ccc2ccccc2n1)c1ccccc1. The molecule has 30 heavy (non-hydrogen) atoms. The highest BCUT2D eigenvalue weighted by Crippen LogP contribution is 2.28. The number of para-hydroxylation sites is 2. The maximum absolute atomic E-state index is 7.09. The first-order valence-electron chi connectivity index (χ1n) is 10.2. The zero-order valence-electron chi connectivity index (χ0n) is 16.7. The van der Waals surface area contributed by atoms with Crippen LogP contribution in [-0.2, 0) is 18.4 Å². The minimum atomic E-state index is -0.605. The highest BCUT2D eigenvalue weighted by Gasteiger charge is 2.29. The molecule has 2 heterocycles. The van der Waals surface area contributed by atoms with Gasteiger partial charge in [0.05, 0.1) is 16.6 Å². The molecule has 0 radical (unpaired) electrons. The second-order valence-electron chi connectivity index (χ2n) is 7.87. The first-order valence-corrected chi connectivity index (χ1v) is 10.2. The van der Waals surface area contributed by atoms with Gasteiger partial charge in [-0.1, -0.05) is 78.9 Å². The molecule has 0 bridgehead atoms. The van der Waals surface area contributed by atoms with E-state index in [2.05, 4.69) is 48.5 Å². The quantitative estimate of drug-likeness (QED) is 0.436. The topological polar surface area (TPSA) is 51.8 Å². The van der Waals surface area contributed by atoms with E-state index in [0.717, 1.165) is 38.8 Å². The summed E-state index contributed by atoms with van der Waals surface area (Å²) in [7, 11) is 0. The summed E-state index contributed by atoms with van der Waals surface area (Å²) in [6.07, 6.45) is 1.27. The summed E-state index contributed by atoms with van der Waals surface area (Å²) in [5.41, 5.74) is 11.5. The van der Waals surface area contributed by atoms with Crippen LogP contribution in [-0.4, -0.2) is 9.97 Å². The monoisotopic (exact) mass is 389 g/mol. The van der Waals surface area contributed by atoms with Crippen molar-refractivity contribution in [1.29, 1.82) is 0 Å². The number of benzene rings is 3. The van der Waals surface area contributed by atoms with Crippen LogP contribution in [0.15, 0.2) is 103 Å². The van der Waals surface area contributed by atoms with E-state index in [0.29, 0.717) is 12.8 Å². The third-order valence-corrected chi connectivity index (χ3v) is 5.65. The smallest absolute Gasteiger partial charge is 0.0705 e. The molecule has 146 valence electrons. The van der Waals surface area contributed by atoms with Gasteiger partial charge >= 0.3 is 0 Å². The molecule has 0 amide bonds. The average molecular weight is 390 g/mol. The predicted molar refractivity (Wildman–Crippen MR) is 123 cm³/mol. The Labute approximate surface area is 176 Å². The molecule has 0 saturated carbocycles. The lowest BCUT2D eigenvalue weighted by Crippen LogP contribution is -2.41. The Morgan fingerprint density at radius 1 is 0.533 bits per heavy atom. The molecular weight excluding hydrogens is 366 g/mol. The Balaban J connectivity index is 1.54. The summed E-state index contributed by atoms with van der Waals surface area (Å²) in [4.78, 5) is 9.75. The third kappa shape index (κ3) is 3.68. The Bertz CT molecular complexity index is 1230. The number of aromatic nitrogens is 2. The summed E-state index contributed by atoms with van der Waals surface area (Å²) < 4.78 is 0. The van der Waals surface area contributed by atoms with E-state index in [1.54, 1.807) is 0 Å². The van der Waals surface area contributed by atoms with Crippen LogP contribution in [0, 0.1) is 0 Å². The van der Waals surface area contributed by atoms with Crippen molar-refractivity contribution in [3.8, 4) is 0 Å². The summed E-state index contributed by atoms with van der Waals surface area (Å²) in [5.74, 6) is 0. The van der Waals surface area contributed by atoms with Crippen molar-refractivity contribution < 1.29 is 0 Å². The van der Waals surface area contributed by atoms with E-state index in [1.165, 1.54) is 0 Å². The maximum Gasteiger partial charge on any atom is 0.0705 e. The number of fused-ring (bicyclic) bond motifs is 2. The number of rotatable bonds is 5. The van der Waals surface area contributed by atoms with E-state index >= 15 is 0 Å². The van der Waals surface area contributed by atoms with Crippen molar-refractivity contribution in [3.05, 3.63) is 120 Å². The van der Waals surface area contributed by atoms with Crippen molar-refractivity contribution in [1.82, 2.24) is 9.97 Å². The summed E-state index contributed by atoms with van der Waals surface area (Å²) in [5, 5.41) is 2.28. The van der Waals surface area contributed by atoms with Gasteiger partial charge in [-0.3, -0.25) is 9.97 Å². The summed E-state index contributed by atoms with van der Waals surface area (Å²) in [6, 6.07) is 35.1. The van der Waals surface area contributed by atoms with E-state index in [-0.39, 0.29) is 0 Å². The zero-order chi connectivity index (χ0) is 20.4. The van der Waals surface area contributed by atoms with Gasteiger partial charge in [0.1, 0.15) is 0 Å². The first kappa shape index (κ1) is 18.5. The molecule has 3 heteroatoms. The molecule has 0 unspecified atom stereocenters. The number of nitrogens with zero attached hydrogens (tertiary/aromatic N) is 2. The zero-order valence-corrected chi connectivity index (χ0v) is 16.7. The predicted octanol–water partition coefficient (Wildman–Crippen LogP) is 5.42. The number of hydrogen-bond acceptors (Lipinski definition) is 3. The normalized spacial score (nSPS) is 11.8. The van der Waals surface area contributed by atoms with Crippen LogP contribution in [0.2, 0.25) is 0 Å². The van der Waals surface area contributed by atoms with Gasteiger partial charge in [0.2, 0.25) is 0 Å². The fourth-order valence-electron chi connectivity index (χ4n) is 4.10. The minimum Gasteiger partial charge on any atom is -0.321 e. The van der Waals surface area contributed by atoms with Crippen molar-refractivity contribution in [3.63, 3.8) is 0 Å². The van der Waals surface area contributed by atoms with Gasteiger partial charge in [0, 0.05) is 35.0 Å². The van der Waals surface area contributed by atoms with Gasteiger partial charge in [-0.15, -0.1) is 0 Å². The molecular formula is C27H23N3. The molecule has 2 aromatic heterocycles. The van der Waals surface area contributed by atoms with Crippen molar-refractivity contribution in [2.75, 3.05) is 0 Å². The van der Waals surface area contributed by atoms with Crippen LogP contribution in [0.4, 0.5) is 0 Å². The lowest BCUT2D eigenvalue weighted by Gasteiger charge is -2.30. The molecule has 5 aromatic rings. The van der Waals surface area contributed by atoms with Crippen molar-refractivity contribution in [2.24, 2.45) is 5.73 Å². The molecule has 0 spiro atoms. The molecule has 0 saturated heterocycles. The van der Waals surface area contributed by atoms with E-state index < -0.39 is 5.54 Å². The minimum absolute atomic E-state index is 0.605. The van der Waals surface area contributed by atoms with E-state index in [4.69, 9.17) is 15.7 Å². The molecule has 0 fully saturated rings. The number of hydrogen-bond donors (Lipinski definition) is 1. The molecule has 0 atom stereocenters. The van der Waals surface area contributed by atoms with Crippen LogP contribution in [0.3, 0.4) is 0 Å². The van der Waals surface area contributed by atoms with Gasteiger partial charge in [0.25, 0.3) is 0 Å². The average Bonchev–Trinajstić information content (AvgIpc) is 2.79. The summed E-state index contributed by atoms with van der Waals surface area (Å²) >= 11 is 0. The van der Waals surface area contributed by atoms with Crippen LogP contribution in [0.25, 0.3) is 21.8 Å². The first-order chi connectivity index (χ1) is 14.7. The van der Waals surface area contributed by atoms with Crippen LogP contribution >= 0.6 is 0 Å². The molecule has 0 aliphatic heterocycles. The van der Waals surface area contributed by atoms with Crippen LogP contribution < -0.4 is 5.73 Å².